The molecule has 1 heterocycles. The monoisotopic (exact) mass is 492 g/mol. The molecule has 1 aliphatic heterocycles. The van der Waals surface area contributed by atoms with Gasteiger partial charge in [0.15, 0.2) is 0 Å². The largest absolute Gasteiger partial charge is 0.374 e. The first-order valence-electron chi connectivity index (χ1n) is 12.6. The molecule has 178 valence electrons. The van der Waals surface area contributed by atoms with Gasteiger partial charge in [0.25, 0.3) is 0 Å². The van der Waals surface area contributed by atoms with Gasteiger partial charge >= 0.3 is 0 Å². The second kappa shape index (κ2) is 10.3. The van der Waals surface area contributed by atoms with Gasteiger partial charge in [-0.25, -0.2) is 0 Å². The summed E-state index contributed by atoms with van der Waals surface area (Å²) >= 11 is 12.6. The van der Waals surface area contributed by atoms with Gasteiger partial charge in [0, 0.05) is 25.2 Å². The zero-order chi connectivity index (χ0) is 23.5. The van der Waals surface area contributed by atoms with E-state index in [1.165, 1.54) is 50.0 Å². The van der Waals surface area contributed by atoms with Crippen LogP contribution in [0.3, 0.4) is 0 Å². The number of likely N-dealkylation sites (tertiary alicyclic amines) is 1. The lowest BCUT2D eigenvalue weighted by molar-refractivity contribution is 0.154. The molecule has 3 aromatic carbocycles. The molecule has 5 rings (SSSR count). The fourth-order valence-corrected chi connectivity index (χ4v) is 6.38. The molecule has 2 aliphatic rings. The van der Waals surface area contributed by atoms with Crippen molar-refractivity contribution in [2.45, 2.75) is 43.4 Å². The molecule has 0 N–H and O–H groups in total. The van der Waals surface area contributed by atoms with Crippen LogP contribution < -0.4 is 4.90 Å². The number of para-hydroxylation sites is 1. The van der Waals surface area contributed by atoms with E-state index in [2.05, 4.69) is 83.6 Å². The van der Waals surface area contributed by atoms with Gasteiger partial charge < -0.3 is 9.80 Å². The van der Waals surface area contributed by atoms with Crippen molar-refractivity contribution < 1.29 is 0 Å². The van der Waals surface area contributed by atoms with E-state index in [1.807, 2.05) is 6.07 Å². The average Bonchev–Trinajstić information content (AvgIpc) is 3.23. The number of nitrogens with zero attached hydrogens (tertiary/aromatic N) is 2. The summed E-state index contributed by atoms with van der Waals surface area (Å²) in [7, 11) is 2.18. The van der Waals surface area contributed by atoms with Gasteiger partial charge in [-0.2, -0.15) is 0 Å². The summed E-state index contributed by atoms with van der Waals surface area (Å²) in [5.74, 6) is 0.392. The Labute approximate surface area is 214 Å². The van der Waals surface area contributed by atoms with Gasteiger partial charge in [-0.3, -0.25) is 0 Å². The molecule has 0 saturated carbocycles. The number of anilines is 1. The Morgan fingerprint density at radius 1 is 0.882 bits per heavy atom. The first-order chi connectivity index (χ1) is 16.5. The Hall–Kier alpha value is -2.00. The highest BCUT2D eigenvalue weighted by atomic mass is 35.5. The lowest BCUT2D eigenvalue weighted by atomic mass is 9.74. The average molecular weight is 494 g/mol. The van der Waals surface area contributed by atoms with Crippen LogP contribution in [0.4, 0.5) is 5.69 Å². The quantitative estimate of drug-likeness (QED) is 0.335. The Kier molecular flexibility index (Phi) is 7.20. The summed E-state index contributed by atoms with van der Waals surface area (Å²) in [6, 6.07) is 25.9. The molecule has 34 heavy (non-hydrogen) atoms. The van der Waals surface area contributed by atoms with Crippen molar-refractivity contribution in [3.05, 3.63) is 99.5 Å². The summed E-state index contributed by atoms with van der Waals surface area (Å²) in [6.45, 7) is 4.45. The van der Waals surface area contributed by atoms with Gasteiger partial charge in [0.05, 0.1) is 10.0 Å². The van der Waals surface area contributed by atoms with E-state index in [9.17, 15) is 0 Å². The molecule has 1 aliphatic carbocycles. The predicted molar refractivity (Wildman–Crippen MR) is 146 cm³/mol. The van der Waals surface area contributed by atoms with Gasteiger partial charge in [-0.15, -0.1) is 0 Å². The molecule has 1 fully saturated rings. The zero-order valence-corrected chi connectivity index (χ0v) is 21.5. The molecular formula is C30H34Cl2N2. The van der Waals surface area contributed by atoms with Gasteiger partial charge in [-0.1, -0.05) is 71.7 Å². The van der Waals surface area contributed by atoms with Crippen molar-refractivity contribution in [3.8, 4) is 0 Å². The van der Waals surface area contributed by atoms with Crippen molar-refractivity contribution in [3.63, 3.8) is 0 Å². The maximum Gasteiger partial charge on any atom is 0.0595 e. The van der Waals surface area contributed by atoms with Crippen molar-refractivity contribution in [2.24, 2.45) is 0 Å². The lowest BCUT2D eigenvalue weighted by Crippen LogP contribution is -2.42. The van der Waals surface area contributed by atoms with Crippen molar-refractivity contribution in [1.82, 2.24) is 4.90 Å². The third-order valence-electron chi connectivity index (χ3n) is 8.17. The normalized spacial score (nSPS) is 18.1. The highest BCUT2D eigenvalue weighted by Crippen LogP contribution is 2.46. The second-order valence-corrected chi connectivity index (χ2v) is 11.0. The Morgan fingerprint density at radius 3 is 2.38 bits per heavy atom. The van der Waals surface area contributed by atoms with Crippen molar-refractivity contribution in [1.29, 1.82) is 0 Å². The Bertz CT molecular complexity index is 1110. The molecule has 0 bridgehead atoms. The highest BCUT2D eigenvalue weighted by molar-refractivity contribution is 6.42. The van der Waals surface area contributed by atoms with Crippen LogP contribution >= 0.6 is 23.2 Å². The van der Waals surface area contributed by atoms with Crippen LogP contribution in [-0.4, -0.2) is 38.1 Å². The molecule has 1 atom stereocenters. The zero-order valence-electron chi connectivity index (χ0n) is 20.0. The number of hydrogen-bond acceptors (Lipinski definition) is 2. The number of aryl methyl sites for hydroxylation is 1. The minimum atomic E-state index is 0.392. The maximum atomic E-state index is 6.41. The molecular weight excluding hydrogens is 459 g/mol. The molecule has 0 unspecified atom stereocenters. The maximum absolute atomic E-state index is 6.41. The van der Waals surface area contributed by atoms with Crippen LogP contribution in [0.1, 0.15) is 48.3 Å². The molecule has 1 saturated heterocycles. The van der Waals surface area contributed by atoms with E-state index in [1.54, 1.807) is 11.1 Å². The molecule has 0 amide bonds. The second-order valence-electron chi connectivity index (χ2n) is 10.2. The summed E-state index contributed by atoms with van der Waals surface area (Å²) in [5.41, 5.74) is 6.15. The molecule has 2 nitrogen and oxygen atoms in total. The highest BCUT2D eigenvalue weighted by Gasteiger charge is 2.40. The summed E-state index contributed by atoms with van der Waals surface area (Å²) in [4.78, 5) is 5.03. The number of benzene rings is 3. The van der Waals surface area contributed by atoms with E-state index < -0.39 is 0 Å². The molecule has 0 aromatic heterocycles. The third kappa shape index (κ3) is 5.00. The first-order valence-corrected chi connectivity index (χ1v) is 13.3. The predicted octanol–water partition coefficient (Wildman–Crippen LogP) is 7.58. The molecule has 4 heteroatoms. The number of piperidine rings is 1. The Balaban J connectivity index is 1.25. The van der Waals surface area contributed by atoms with Crippen LogP contribution in [-0.2, 0) is 11.8 Å². The topological polar surface area (TPSA) is 6.48 Å². The van der Waals surface area contributed by atoms with Crippen LogP contribution in [0.15, 0.2) is 72.8 Å². The van der Waals surface area contributed by atoms with Crippen molar-refractivity contribution >= 4 is 28.9 Å². The van der Waals surface area contributed by atoms with Gasteiger partial charge in [-0.05, 0) is 98.1 Å². The van der Waals surface area contributed by atoms with Crippen LogP contribution in [0, 0.1) is 0 Å². The number of halogens is 2. The number of rotatable bonds is 7. The summed E-state index contributed by atoms with van der Waals surface area (Å²) in [5, 5.41) is 1.27. The van der Waals surface area contributed by atoms with Gasteiger partial charge in [0.2, 0.25) is 0 Å². The lowest BCUT2D eigenvalue weighted by Gasteiger charge is -2.40. The molecule has 1 spiro atoms. The van der Waals surface area contributed by atoms with Crippen LogP contribution in [0.2, 0.25) is 10.0 Å². The number of hydrogen-bond donors (Lipinski definition) is 0. The minimum absolute atomic E-state index is 0.392. The summed E-state index contributed by atoms with van der Waals surface area (Å²) in [6.07, 6.45) is 6.25. The molecule has 0 radical (unpaired) electrons. The van der Waals surface area contributed by atoms with E-state index in [-0.39, 0.29) is 0 Å². The van der Waals surface area contributed by atoms with E-state index in [0.717, 1.165) is 19.5 Å². The van der Waals surface area contributed by atoms with Crippen molar-refractivity contribution in [2.75, 3.05) is 38.1 Å². The fourth-order valence-electron chi connectivity index (χ4n) is 6.07. The minimum Gasteiger partial charge on any atom is -0.374 e. The summed E-state index contributed by atoms with van der Waals surface area (Å²) < 4.78 is 0. The first kappa shape index (κ1) is 23.7. The molecule has 3 aromatic rings. The van der Waals surface area contributed by atoms with E-state index in [0.29, 0.717) is 21.4 Å². The standard InChI is InChI=1S/C30H34Cl2N2/c1-33(26-8-3-2-4-9-26)22-25(24-11-12-28(31)29(32)21-24)14-18-34-19-16-30(17-20-34)15-13-23-7-5-6-10-27(23)30/h2-12,21,25H,13-20,22H2,1H3/t25-/m1/s1. The number of likely N-dealkylation sites (N-methyl/N-ethyl adjacent to an activating group) is 1. The van der Waals surface area contributed by atoms with Crippen LogP contribution in [0.5, 0.6) is 0 Å². The fraction of sp³-hybridized carbons (Fsp3) is 0.400. The third-order valence-corrected chi connectivity index (χ3v) is 8.91. The Morgan fingerprint density at radius 2 is 1.62 bits per heavy atom. The smallest absolute Gasteiger partial charge is 0.0595 e. The number of fused-ring (bicyclic) bond motifs is 2. The van der Waals surface area contributed by atoms with E-state index >= 15 is 0 Å². The SMILES string of the molecule is CN(C[C@@H](CCN1CCC2(CCc3ccccc32)CC1)c1ccc(Cl)c(Cl)c1)c1ccccc1. The van der Waals surface area contributed by atoms with Gasteiger partial charge in [0.1, 0.15) is 0 Å². The van der Waals surface area contributed by atoms with Crippen LogP contribution in [0.25, 0.3) is 0 Å². The van der Waals surface area contributed by atoms with E-state index in [4.69, 9.17) is 23.2 Å².